The number of rotatable bonds is 4. The van der Waals surface area contributed by atoms with E-state index in [1.54, 1.807) is 6.08 Å². The van der Waals surface area contributed by atoms with Gasteiger partial charge in [0.25, 0.3) is 11.8 Å². The van der Waals surface area contributed by atoms with Crippen LogP contribution in [0.3, 0.4) is 0 Å². The van der Waals surface area contributed by atoms with Gasteiger partial charge in [-0.05, 0) is 11.6 Å². The number of carbonyl (C=O) groups excluding carboxylic acids is 3. The summed E-state index contributed by atoms with van der Waals surface area (Å²) in [6, 6.07) is 9.23. The Bertz CT molecular complexity index is 542. The Balaban J connectivity index is 1.84. The van der Waals surface area contributed by atoms with E-state index in [0.29, 0.717) is 0 Å². The molecule has 1 heterocycles. The summed E-state index contributed by atoms with van der Waals surface area (Å²) in [5.41, 5.74) is 0.856. The summed E-state index contributed by atoms with van der Waals surface area (Å²) in [5.74, 6) is -1.58. The van der Waals surface area contributed by atoms with Gasteiger partial charge in [0, 0.05) is 18.2 Å². The van der Waals surface area contributed by atoms with Gasteiger partial charge in [0.15, 0.2) is 6.73 Å². The van der Waals surface area contributed by atoms with Crippen molar-refractivity contribution in [1.82, 2.24) is 4.90 Å². The van der Waals surface area contributed by atoms with Gasteiger partial charge in [-0.3, -0.25) is 9.59 Å². The first-order chi connectivity index (χ1) is 9.16. The van der Waals surface area contributed by atoms with E-state index in [-0.39, 0.29) is 6.73 Å². The first-order valence-corrected chi connectivity index (χ1v) is 5.60. The number of nitrogens with zero attached hydrogens (tertiary/aromatic N) is 1. The van der Waals surface area contributed by atoms with Crippen molar-refractivity contribution in [2.75, 3.05) is 6.73 Å². The van der Waals surface area contributed by atoms with Gasteiger partial charge in [-0.1, -0.05) is 30.3 Å². The van der Waals surface area contributed by atoms with Crippen molar-refractivity contribution in [2.24, 2.45) is 0 Å². The molecule has 1 aromatic carbocycles. The number of imide groups is 1. The maximum Gasteiger partial charge on any atom is 0.332 e. The van der Waals surface area contributed by atoms with Crippen LogP contribution in [0.15, 0.2) is 48.6 Å². The van der Waals surface area contributed by atoms with Crippen molar-refractivity contribution in [3.05, 3.63) is 54.1 Å². The summed E-state index contributed by atoms with van der Waals surface area (Å²) in [4.78, 5) is 34.6. The van der Waals surface area contributed by atoms with Crippen LogP contribution in [-0.2, 0) is 19.1 Å². The molecule has 0 bridgehead atoms. The molecule has 5 nitrogen and oxygen atoms in total. The van der Waals surface area contributed by atoms with Gasteiger partial charge in [0.05, 0.1) is 0 Å². The van der Waals surface area contributed by atoms with Crippen LogP contribution in [0.25, 0.3) is 6.08 Å². The van der Waals surface area contributed by atoms with E-state index < -0.39 is 17.8 Å². The number of benzene rings is 1. The van der Waals surface area contributed by atoms with Gasteiger partial charge in [-0.25, -0.2) is 9.69 Å². The van der Waals surface area contributed by atoms with E-state index in [2.05, 4.69) is 0 Å². The maximum absolute atomic E-state index is 11.4. The van der Waals surface area contributed by atoms with Crippen molar-refractivity contribution >= 4 is 23.9 Å². The summed E-state index contributed by atoms with van der Waals surface area (Å²) >= 11 is 0. The highest BCUT2D eigenvalue weighted by molar-refractivity contribution is 6.12. The smallest absolute Gasteiger partial charge is 0.332 e. The second-order valence-electron chi connectivity index (χ2n) is 3.77. The molecule has 0 aromatic heterocycles. The molecule has 19 heavy (non-hydrogen) atoms. The molecule has 96 valence electrons. The lowest BCUT2D eigenvalue weighted by molar-refractivity contribution is -0.151. The highest BCUT2D eigenvalue weighted by atomic mass is 16.5. The standard InChI is InChI=1S/C14H11NO4/c16-12-7-8-13(17)15(12)10-19-14(18)9-6-11-4-2-1-3-5-11/h1-9H,10H2/b9-6+. The predicted octanol–water partition coefficient (Wildman–Crippen LogP) is 1.13. The van der Waals surface area contributed by atoms with Crippen molar-refractivity contribution in [3.8, 4) is 0 Å². The zero-order chi connectivity index (χ0) is 13.7. The summed E-state index contributed by atoms with van der Waals surface area (Å²) in [6.45, 7) is -0.372. The molecule has 1 aromatic rings. The van der Waals surface area contributed by atoms with E-state index in [4.69, 9.17) is 4.74 Å². The molecule has 2 rings (SSSR count). The first-order valence-electron chi connectivity index (χ1n) is 5.60. The van der Waals surface area contributed by atoms with Crippen molar-refractivity contribution < 1.29 is 19.1 Å². The molecule has 1 aliphatic heterocycles. The van der Waals surface area contributed by atoms with Crippen molar-refractivity contribution in [3.63, 3.8) is 0 Å². The summed E-state index contributed by atoms with van der Waals surface area (Å²) in [7, 11) is 0. The van der Waals surface area contributed by atoms with Crippen molar-refractivity contribution in [1.29, 1.82) is 0 Å². The minimum Gasteiger partial charge on any atom is -0.441 e. The zero-order valence-corrected chi connectivity index (χ0v) is 9.98. The molecular weight excluding hydrogens is 246 g/mol. The third-order valence-electron chi connectivity index (χ3n) is 2.45. The highest BCUT2D eigenvalue weighted by Gasteiger charge is 2.23. The number of esters is 1. The molecule has 0 saturated carbocycles. The van der Waals surface area contributed by atoms with E-state index >= 15 is 0 Å². The molecule has 0 atom stereocenters. The molecule has 0 saturated heterocycles. The van der Waals surface area contributed by atoms with Crippen LogP contribution in [0.1, 0.15) is 5.56 Å². The Morgan fingerprint density at radius 1 is 1.11 bits per heavy atom. The van der Waals surface area contributed by atoms with Gasteiger partial charge in [-0.2, -0.15) is 0 Å². The monoisotopic (exact) mass is 257 g/mol. The number of amides is 2. The number of carbonyl (C=O) groups is 3. The average Bonchev–Trinajstić information content (AvgIpc) is 2.75. The Morgan fingerprint density at radius 3 is 2.37 bits per heavy atom. The summed E-state index contributed by atoms with van der Waals surface area (Å²) < 4.78 is 4.81. The molecule has 0 radical (unpaired) electrons. The van der Waals surface area contributed by atoms with E-state index in [1.165, 1.54) is 6.08 Å². The molecule has 0 fully saturated rings. The van der Waals surface area contributed by atoms with Crippen LogP contribution >= 0.6 is 0 Å². The van der Waals surface area contributed by atoms with Gasteiger partial charge in [-0.15, -0.1) is 0 Å². The minimum atomic E-state index is -0.614. The third kappa shape index (κ3) is 3.38. The topological polar surface area (TPSA) is 63.7 Å². The summed E-state index contributed by atoms with van der Waals surface area (Å²) in [6.07, 6.45) is 5.11. The lowest BCUT2D eigenvalue weighted by atomic mass is 10.2. The van der Waals surface area contributed by atoms with Crippen LogP contribution in [0, 0.1) is 0 Å². The van der Waals surface area contributed by atoms with Gasteiger partial charge in [0.2, 0.25) is 0 Å². The fourth-order valence-corrected chi connectivity index (χ4v) is 1.46. The molecule has 0 N–H and O–H groups in total. The quantitative estimate of drug-likeness (QED) is 0.460. The number of ether oxygens (including phenoxy) is 1. The Hall–Kier alpha value is -2.69. The Kier molecular flexibility index (Phi) is 3.87. The minimum absolute atomic E-state index is 0.372. The Labute approximate surface area is 109 Å². The van der Waals surface area contributed by atoms with Crippen LogP contribution in [0.2, 0.25) is 0 Å². The number of hydrogen-bond acceptors (Lipinski definition) is 4. The largest absolute Gasteiger partial charge is 0.441 e. The fraction of sp³-hybridized carbons (Fsp3) is 0.0714. The third-order valence-corrected chi connectivity index (χ3v) is 2.45. The van der Waals surface area contributed by atoms with Crippen LogP contribution in [0.4, 0.5) is 0 Å². The second-order valence-corrected chi connectivity index (χ2v) is 3.77. The van der Waals surface area contributed by atoms with Gasteiger partial charge < -0.3 is 4.74 Å². The van der Waals surface area contributed by atoms with Crippen molar-refractivity contribution in [2.45, 2.75) is 0 Å². The van der Waals surface area contributed by atoms with E-state index in [0.717, 1.165) is 22.6 Å². The fourth-order valence-electron chi connectivity index (χ4n) is 1.46. The molecule has 0 aliphatic carbocycles. The second kappa shape index (κ2) is 5.77. The molecule has 0 unspecified atom stereocenters. The molecule has 1 aliphatic rings. The molecule has 0 spiro atoms. The van der Waals surface area contributed by atoms with Crippen LogP contribution in [-0.4, -0.2) is 29.4 Å². The first kappa shape index (κ1) is 12.8. The van der Waals surface area contributed by atoms with Gasteiger partial charge >= 0.3 is 5.97 Å². The normalized spacial score (nSPS) is 14.4. The van der Waals surface area contributed by atoms with E-state index in [1.807, 2.05) is 30.3 Å². The van der Waals surface area contributed by atoms with Crippen LogP contribution < -0.4 is 0 Å². The maximum atomic E-state index is 11.4. The lowest BCUT2D eigenvalue weighted by Gasteiger charge is -2.12. The van der Waals surface area contributed by atoms with E-state index in [9.17, 15) is 14.4 Å². The molecular formula is C14H11NO4. The number of hydrogen-bond donors (Lipinski definition) is 0. The Morgan fingerprint density at radius 2 is 1.74 bits per heavy atom. The van der Waals surface area contributed by atoms with Gasteiger partial charge in [0.1, 0.15) is 0 Å². The summed E-state index contributed by atoms with van der Waals surface area (Å²) in [5, 5.41) is 0. The van der Waals surface area contributed by atoms with Crippen LogP contribution in [0.5, 0.6) is 0 Å². The molecule has 5 heteroatoms. The predicted molar refractivity (Wildman–Crippen MR) is 67.4 cm³/mol. The zero-order valence-electron chi connectivity index (χ0n) is 9.98. The highest BCUT2D eigenvalue weighted by Crippen LogP contribution is 2.04. The SMILES string of the molecule is O=C(/C=C/c1ccccc1)OCN1C(=O)C=CC1=O. The molecule has 2 amide bonds. The average molecular weight is 257 g/mol. The lowest BCUT2D eigenvalue weighted by Crippen LogP contribution is -2.33.